The normalized spacial score (nSPS) is 10.1. The molecule has 2 N–H and O–H groups in total. The standard InChI is InChI=1S/C13H11FN2O2/c14-10-2-1-3-12(6-10)18-8-11-5-4-9(7-16-11)13(15)17/h1-7H,8H2,(H2,15,17). The highest BCUT2D eigenvalue weighted by Crippen LogP contribution is 2.13. The number of benzene rings is 1. The Balaban J connectivity index is 2.00. The molecule has 0 spiro atoms. The van der Waals surface area contributed by atoms with Crippen molar-refractivity contribution in [3.05, 3.63) is 59.7 Å². The van der Waals surface area contributed by atoms with Crippen LogP contribution in [-0.4, -0.2) is 10.9 Å². The summed E-state index contributed by atoms with van der Waals surface area (Å²) in [5, 5.41) is 0. The molecular weight excluding hydrogens is 235 g/mol. The van der Waals surface area contributed by atoms with E-state index in [4.69, 9.17) is 10.5 Å². The fourth-order valence-electron chi connectivity index (χ4n) is 1.37. The minimum Gasteiger partial charge on any atom is -0.487 e. The minimum atomic E-state index is -0.528. The number of rotatable bonds is 4. The van der Waals surface area contributed by atoms with Gasteiger partial charge in [-0.25, -0.2) is 4.39 Å². The predicted molar refractivity (Wildman–Crippen MR) is 63.5 cm³/mol. The number of primary amides is 1. The molecule has 0 atom stereocenters. The van der Waals surface area contributed by atoms with Gasteiger partial charge in [0.15, 0.2) is 0 Å². The fourth-order valence-corrected chi connectivity index (χ4v) is 1.37. The maximum absolute atomic E-state index is 12.9. The summed E-state index contributed by atoms with van der Waals surface area (Å²) in [5.41, 5.74) is 6.06. The maximum Gasteiger partial charge on any atom is 0.250 e. The summed E-state index contributed by atoms with van der Waals surface area (Å²) in [7, 11) is 0. The molecule has 0 saturated carbocycles. The number of carbonyl (C=O) groups is 1. The lowest BCUT2D eigenvalue weighted by Gasteiger charge is -2.05. The van der Waals surface area contributed by atoms with Gasteiger partial charge in [-0.2, -0.15) is 0 Å². The van der Waals surface area contributed by atoms with Gasteiger partial charge in [-0.3, -0.25) is 9.78 Å². The summed E-state index contributed by atoms with van der Waals surface area (Å²) in [5.74, 6) is -0.458. The van der Waals surface area contributed by atoms with E-state index < -0.39 is 5.91 Å². The van der Waals surface area contributed by atoms with E-state index in [0.717, 1.165) is 0 Å². The molecule has 1 aromatic carbocycles. The van der Waals surface area contributed by atoms with Crippen molar-refractivity contribution in [2.45, 2.75) is 6.61 Å². The van der Waals surface area contributed by atoms with E-state index in [1.807, 2.05) is 0 Å². The Bertz CT molecular complexity index is 555. The monoisotopic (exact) mass is 246 g/mol. The zero-order valence-electron chi connectivity index (χ0n) is 9.47. The van der Waals surface area contributed by atoms with Crippen LogP contribution in [0, 0.1) is 5.82 Å². The lowest BCUT2D eigenvalue weighted by atomic mass is 10.2. The molecule has 0 aliphatic carbocycles. The van der Waals surface area contributed by atoms with Gasteiger partial charge in [-0.1, -0.05) is 6.07 Å². The van der Waals surface area contributed by atoms with Gasteiger partial charge in [0.2, 0.25) is 5.91 Å². The van der Waals surface area contributed by atoms with Crippen molar-refractivity contribution in [1.82, 2.24) is 4.98 Å². The molecule has 0 fully saturated rings. The van der Waals surface area contributed by atoms with Gasteiger partial charge < -0.3 is 10.5 Å². The van der Waals surface area contributed by atoms with Crippen LogP contribution in [0.25, 0.3) is 0 Å². The van der Waals surface area contributed by atoms with Crippen LogP contribution in [0.5, 0.6) is 5.75 Å². The molecule has 92 valence electrons. The summed E-state index contributed by atoms with van der Waals surface area (Å²) in [6.07, 6.45) is 1.38. The highest BCUT2D eigenvalue weighted by molar-refractivity contribution is 5.92. The smallest absolute Gasteiger partial charge is 0.250 e. The number of hydrogen-bond donors (Lipinski definition) is 1. The maximum atomic E-state index is 12.9. The van der Waals surface area contributed by atoms with E-state index in [1.54, 1.807) is 24.3 Å². The van der Waals surface area contributed by atoms with Crippen molar-refractivity contribution in [3.8, 4) is 5.75 Å². The summed E-state index contributed by atoms with van der Waals surface area (Å²) >= 11 is 0. The first-order valence-electron chi connectivity index (χ1n) is 5.28. The number of halogens is 1. The number of ether oxygens (including phenoxy) is 1. The Kier molecular flexibility index (Phi) is 3.52. The quantitative estimate of drug-likeness (QED) is 0.896. The molecule has 0 saturated heterocycles. The molecule has 2 aromatic rings. The molecule has 0 radical (unpaired) electrons. The number of hydrogen-bond acceptors (Lipinski definition) is 3. The summed E-state index contributed by atoms with van der Waals surface area (Å²) in [6.45, 7) is 0.197. The van der Waals surface area contributed by atoms with Gasteiger partial charge >= 0.3 is 0 Å². The molecular formula is C13H11FN2O2. The molecule has 5 heteroatoms. The molecule has 4 nitrogen and oxygen atoms in total. The molecule has 1 amide bonds. The molecule has 0 unspecified atom stereocenters. The molecule has 1 heterocycles. The van der Waals surface area contributed by atoms with Crippen LogP contribution in [0.1, 0.15) is 16.1 Å². The van der Waals surface area contributed by atoms with E-state index >= 15 is 0 Å². The van der Waals surface area contributed by atoms with Gasteiger partial charge in [0.05, 0.1) is 11.3 Å². The second kappa shape index (κ2) is 5.27. The van der Waals surface area contributed by atoms with Gasteiger partial charge in [-0.05, 0) is 24.3 Å². The number of aromatic nitrogens is 1. The first-order chi connectivity index (χ1) is 8.65. The average Bonchev–Trinajstić information content (AvgIpc) is 2.37. The zero-order valence-corrected chi connectivity index (χ0v) is 9.47. The van der Waals surface area contributed by atoms with Crippen molar-refractivity contribution >= 4 is 5.91 Å². The Labute approximate surface area is 103 Å². The van der Waals surface area contributed by atoms with Crippen molar-refractivity contribution < 1.29 is 13.9 Å². The lowest BCUT2D eigenvalue weighted by molar-refractivity contribution is 0.1000. The third-order valence-electron chi connectivity index (χ3n) is 2.29. The van der Waals surface area contributed by atoms with Crippen molar-refractivity contribution in [1.29, 1.82) is 0 Å². The fraction of sp³-hybridized carbons (Fsp3) is 0.0769. The van der Waals surface area contributed by atoms with E-state index in [1.165, 1.54) is 18.3 Å². The number of pyridine rings is 1. The van der Waals surface area contributed by atoms with Crippen molar-refractivity contribution in [2.75, 3.05) is 0 Å². The lowest BCUT2D eigenvalue weighted by Crippen LogP contribution is -2.11. The third kappa shape index (κ3) is 3.04. The number of carbonyl (C=O) groups excluding carboxylic acids is 1. The Hall–Kier alpha value is -2.43. The average molecular weight is 246 g/mol. The van der Waals surface area contributed by atoms with Gasteiger partial charge in [0.25, 0.3) is 0 Å². The molecule has 0 bridgehead atoms. The summed E-state index contributed by atoms with van der Waals surface area (Å²) in [4.78, 5) is 14.9. The topological polar surface area (TPSA) is 65.2 Å². The highest BCUT2D eigenvalue weighted by atomic mass is 19.1. The van der Waals surface area contributed by atoms with Gasteiger partial charge in [-0.15, -0.1) is 0 Å². The van der Waals surface area contributed by atoms with Crippen LogP contribution in [-0.2, 0) is 6.61 Å². The Morgan fingerprint density at radius 1 is 1.33 bits per heavy atom. The van der Waals surface area contributed by atoms with Gasteiger partial charge in [0.1, 0.15) is 18.2 Å². The van der Waals surface area contributed by atoms with Crippen LogP contribution in [0.2, 0.25) is 0 Å². The summed E-state index contributed by atoms with van der Waals surface area (Å²) in [6, 6.07) is 9.05. The largest absolute Gasteiger partial charge is 0.487 e. The third-order valence-corrected chi connectivity index (χ3v) is 2.29. The van der Waals surface area contributed by atoms with E-state index in [2.05, 4.69) is 4.98 Å². The Morgan fingerprint density at radius 3 is 2.78 bits per heavy atom. The highest BCUT2D eigenvalue weighted by Gasteiger charge is 2.02. The molecule has 0 aliphatic heterocycles. The van der Waals surface area contributed by atoms with Crippen LogP contribution in [0.15, 0.2) is 42.6 Å². The second-order valence-corrected chi connectivity index (χ2v) is 3.65. The van der Waals surface area contributed by atoms with Crippen molar-refractivity contribution in [2.24, 2.45) is 5.73 Å². The summed E-state index contributed by atoms with van der Waals surface area (Å²) < 4.78 is 18.2. The molecule has 18 heavy (non-hydrogen) atoms. The first-order valence-corrected chi connectivity index (χ1v) is 5.28. The zero-order chi connectivity index (χ0) is 13.0. The van der Waals surface area contributed by atoms with Crippen LogP contribution in [0.4, 0.5) is 4.39 Å². The van der Waals surface area contributed by atoms with E-state index in [-0.39, 0.29) is 12.4 Å². The number of nitrogens with two attached hydrogens (primary N) is 1. The van der Waals surface area contributed by atoms with Gasteiger partial charge in [0, 0.05) is 12.3 Å². The van der Waals surface area contributed by atoms with Crippen LogP contribution < -0.4 is 10.5 Å². The van der Waals surface area contributed by atoms with E-state index in [0.29, 0.717) is 17.0 Å². The number of amides is 1. The Morgan fingerprint density at radius 2 is 2.17 bits per heavy atom. The second-order valence-electron chi connectivity index (χ2n) is 3.65. The molecule has 2 rings (SSSR count). The van der Waals surface area contributed by atoms with E-state index in [9.17, 15) is 9.18 Å². The first kappa shape index (κ1) is 12.0. The number of nitrogens with zero attached hydrogens (tertiary/aromatic N) is 1. The van der Waals surface area contributed by atoms with Crippen LogP contribution in [0.3, 0.4) is 0 Å². The minimum absolute atomic E-state index is 0.197. The SMILES string of the molecule is NC(=O)c1ccc(COc2cccc(F)c2)nc1. The molecule has 1 aromatic heterocycles. The predicted octanol–water partition coefficient (Wildman–Crippen LogP) is 1.90. The van der Waals surface area contributed by atoms with Crippen molar-refractivity contribution in [3.63, 3.8) is 0 Å². The molecule has 0 aliphatic rings. The van der Waals surface area contributed by atoms with Crippen LogP contribution >= 0.6 is 0 Å².